The second kappa shape index (κ2) is 7.37. The van der Waals surface area contributed by atoms with Crippen LogP contribution in [0.4, 0.5) is 19.0 Å². The molecule has 1 aromatic heterocycles. The average Bonchev–Trinajstić information content (AvgIpc) is 3.33. The summed E-state index contributed by atoms with van der Waals surface area (Å²) >= 11 is 0. The van der Waals surface area contributed by atoms with Gasteiger partial charge >= 0.3 is 6.18 Å². The maximum Gasteiger partial charge on any atom is 0.416 e. The molecule has 3 aromatic rings. The van der Waals surface area contributed by atoms with Crippen molar-refractivity contribution < 1.29 is 17.9 Å². The zero-order chi connectivity index (χ0) is 19.7. The van der Waals surface area contributed by atoms with Crippen LogP contribution < -0.4 is 10.1 Å². The van der Waals surface area contributed by atoms with Crippen molar-refractivity contribution >= 4 is 16.7 Å². The smallest absolute Gasteiger partial charge is 0.416 e. The van der Waals surface area contributed by atoms with E-state index in [0.717, 1.165) is 48.6 Å². The van der Waals surface area contributed by atoms with Gasteiger partial charge in [0.1, 0.15) is 5.75 Å². The Kier molecular flexibility index (Phi) is 4.91. The van der Waals surface area contributed by atoms with Gasteiger partial charge in [0.15, 0.2) is 5.82 Å². The van der Waals surface area contributed by atoms with Crippen LogP contribution in [-0.4, -0.2) is 16.9 Å². The third kappa shape index (κ3) is 3.66. The van der Waals surface area contributed by atoms with Crippen molar-refractivity contribution in [2.24, 2.45) is 0 Å². The molecular formula is C21H22F3N3O. The first-order chi connectivity index (χ1) is 13.5. The summed E-state index contributed by atoms with van der Waals surface area (Å²) < 4.78 is 46.7. The highest BCUT2D eigenvalue weighted by atomic mass is 19.4. The Morgan fingerprint density at radius 1 is 1.11 bits per heavy atom. The highest BCUT2D eigenvalue weighted by molar-refractivity contribution is 5.91. The van der Waals surface area contributed by atoms with Gasteiger partial charge in [0.25, 0.3) is 0 Å². The number of nitrogens with one attached hydrogen (secondary N) is 1. The molecule has 0 spiro atoms. The van der Waals surface area contributed by atoms with Crippen LogP contribution in [0.25, 0.3) is 10.9 Å². The van der Waals surface area contributed by atoms with Crippen molar-refractivity contribution in [2.75, 3.05) is 12.4 Å². The number of aromatic nitrogens is 2. The Morgan fingerprint density at radius 3 is 2.46 bits per heavy atom. The molecule has 0 amide bonds. The number of methoxy groups -OCH3 is 1. The van der Waals surface area contributed by atoms with Gasteiger partial charge in [0.05, 0.1) is 24.2 Å². The van der Waals surface area contributed by atoms with Crippen LogP contribution in [0.3, 0.4) is 0 Å². The molecule has 0 aliphatic heterocycles. The Bertz CT molecular complexity index is 957. The van der Waals surface area contributed by atoms with Gasteiger partial charge in [-0.15, -0.1) is 0 Å². The van der Waals surface area contributed by atoms with Gasteiger partial charge in [0, 0.05) is 11.9 Å². The molecule has 0 radical (unpaired) electrons. The van der Waals surface area contributed by atoms with Crippen LogP contribution >= 0.6 is 0 Å². The summed E-state index contributed by atoms with van der Waals surface area (Å²) in [6, 6.07) is 11.7. The van der Waals surface area contributed by atoms with Crippen molar-refractivity contribution in [1.82, 2.24) is 9.78 Å². The SMILES string of the molecule is COc1ccc(CNc2nn(C3CCCC3)c3ccc(C(F)(F)F)cc23)cc1. The number of halogens is 3. The van der Waals surface area contributed by atoms with E-state index in [0.29, 0.717) is 17.7 Å². The van der Waals surface area contributed by atoms with Crippen molar-refractivity contribution in [2.45, 2.75) is 44.4 Å². The number of ether oxygens (including phenoxy) is 1. The topological polar surface area (TPSA) is 39.1 Å². The molecule has 0 unspecified atom stereocenters. The quantitative estimate of drug-likeness (QED) is 0.600. The number of hydrogen-bond donors (Lipinski definition) is 1. The molecule has 7 heteroatoms. The molecule has 0 atom stereocenters. The van der Waals surface area contributed by atoms with Gasteiger partial charge in [-0.25, -0.2) is 0 Å². The fraction of sp³-hybridized carbons (Fsp3) is 0.381. The van der Waals surface area contributed by atoms with E-state index >= 15 is 0 Å². The third-order valence-corrected chi connectivity index (χ3v) is 5.32. The van der Waals surface area contributed by atoms with Gasteiger partial charge in [-0.1, -0.05) is 25.0 Å². The largest absolute Gasteiger partial charge is 0.497 e. The number of alkyl halides is 3. The standard InChI is InChI=1S/C21H22F3N3O/c1-28-17-9-6-14(7-10-17)13-25-20-18-12-15(21(22,23)24)8-11-19(18)27(26-20)16-4-2-3-5-16/h6-12,16H,2-5,13H2,1H3,(H,25,26). The van der Waals surface area contributed by atoms with E-state index in [-0.39, 0.29) is 6.04 Å². The summed E-state index contributed by atoms with van der Waals surface area (Å²) in [5.41, 5.74) is 1.09. The minimum Gasteiger partial charge on any atom is -0.497 e. The van der Waals surface area contributed by atoms with Crippen LogP contribution in [0.5, 0.6) is 5.75 Å². The molecule has 1 N–H and O–H groups in total. The molecule has 4 rings (SSSR count). The van der Waals surface area contributed by atoms with E-state index in [1.165, 1.54) is 6.07 Å². The van der Waals surface area contributed by atoms with Crippen LogP contribution in [-0.2, 0) is 12.7 Å². The molecule has 0 bridgehead atoms. The van der Waals surface area contributed by atoms with E-state index in [9.17, 15) is 13.2 Å². The number of benzene rings is 2. The van der Waals surface area contributed by atoms with Gasteiger partial charge < -0.3 is 10.1 Å². The highest BCUT2D eigenvalue weighted by Gasteiger charge is 2.32. The van der Waals surface area contributed by atoms with Crippen LogP contribution in [0, 0.1) is 0 Å². The van der Waals surface area contributed by atoms with Crippen molar-refractivity contribution in [1.29, 1.82) is 0 Å². The molecule has 2 aromatic carbocycles. The van der Waals surface area contributed by atoms with E-state index in [2.05, 4.69) is 10.4 Å². The number of hydrogen-bond acceptors (Lipinski definition) is 3. The zero-order valence-corrected chi connectivity index (χ0v) is 15.6. The monoisotopic (exact) mass is 389 g/mol. The second-order valence-corrected chi connectivity index (χ2v) is 7.16. The van der Waals surface area contributed by atoms with Crippen LogP contribution in [0.15, 0.2) is 42.5 Å². The second-order valence-electron chi connectivity index (χ2n) is 7.16. The number of anilines is 1. The van der Waals surface area contributed by atoms with E-state index in [4.69, 9.17) is 4.74 Å². The molecular weight excluding hydrogens is 367 g/mol. The normalized spacial score (nSPS) is 15.3. The molecule has 1 heterocycles. The van der Waals surface area contributed by atoms with E-state index in [1.807, 2.05) is 28.9 Å². The first kappa shape index (κ1) is 18.7. The van der Waals surface area contributed by atoms with Crippen molar-refractivity contribution in [3.63, 3.8) is 0 Å². The van der Waals surface area contributed by atoms with Crippen molar-refractivity contribution in [3.05, 3.63) is 53.6 Å². The minimum absolute atomic E-state index is 0.246. The predicted molar refractivity (Wildman–Crippen MR) is 103 cm³/mol. The Hall–Kier alpha value is -2.70. The van der Waals surface area contributed by atoms with Crippen LogP contribution in [0.2, 0.25) is 0 Å². The maximum atomic E-state index is 13.2. The first-order valence-electron chi connectivity index (χ1n) is 9.42. The summed E-state index contributed by atoms with van der Waals surface area (Å²) in [5, 5.41) is 8.39. The first-order valence-corrected chi connectivity index (χ1v) is 9.42. The third-order valence-electron chi connectivity index (χ3n) is 5.32. The Balaban J connectivity index is 1.68. The van der Waals surface area contributed by atoms with E-state index in [1.54, 1.807) is 13.2 Å². The average molecular weight is 389 g/mol. The molecule has 1 saturated carbocycles. The molecule has 1 aliphatic carbocycles. The summed E-state index contributed by atoms with van der Waals surface area (Å²) in [7, 11) is 1.60. The van der Waals surface area contributed by atoms with Crippen molar-refractivity contribution in [3.8, 4) is 5.75 Å². The lowest BCUT2D eigenvalue weighted by molar-refractivity contribution is -0.137. The predicted octanol–water partition coefficient (Wildman–Crippen LogP) is 5.79. The van der Waals surface area contributed by atoms with Gasteiger partial charge in [-0.2, -0.15) is 18.3 Å². The zero-order valence-electron chi connectivity index (χ0n) is 15.6. The highest BCUT2D eigenvalue weighted by Crippen LogP contribution is 2.37. The lowest BCUT2D eigenvalue weighted by Gasteiger charge is -2.11. The molecule has 28 heavy (non-hydrogen) atoms. The maximum absolute atomic E-state index is 13.2. The Morgan fingerprint density at radius 2 is 1.82 bits per heavy atom. The molecule has 148 valence electrons. The fourth-order valence-corrected chi connectivity index (χ4v) is 3.80. The summed E-state index contributed by atoms with van der Waals surface area (Å²) in [6.45, 7) is 0.469. The van der Waals surface area contributed by atoms with Crippen LogP contribution in [0.1, 0.15) is 42.9 Å². The lowest BCUT2D eigenvalue weighted by Crippen LogP contribution is -2.07. The molecule has 1 aliphatic rings. The minimum atomic E-state index is -4.38. The number of rotatable bonds is 5. The summed E-state index contributed by atoms with van der Waals surface area (Å²) in [5.74, 6) is 1.25. The van der Waals surface area contributed by atoms with E-state index < -0.39 is 11.7 Å². The van der Waals surface area contributed by atoms with Gasteiger partial charge in [-0.3, -0.25) is 4.68 Å². The number of nitrogens with zero attached hydrogens (tertiary/aromatic N) is 2. The summed E-state index contributed by atoms with van der Waals surface area (Å²) in [6.07, 6.45) is -0.106. The lowest BCUT2D eigenvalue weighted by atomic mass is 10.1. The summed E-state index contributed by atoms with van der Waals surface area (Å²) in [4.78, 5) is 0. The Labute approximate surface area is 161 Å². The molecule has 1 fully saturated rings. The molecule has 0 saturated heterocycles. The van der Waals surface area contributed by atoms with Gasteiger partial charge in [-0.05, 0) is 48.7 Å². The fourth-order valence-electron chi connectivity index (χ4n) is 3.80. The van der Waals surface area contributed by atoms with Gasteiger partial charge in [0.2, 0.25) is 0 Å². The number of fused-ring (bicyclic) bond motifs is 1. The molecule has 4 nitrogen and oxygen atoms in total.